The summed E-state index contributed by atoms with van der Waals surface area (Å²) in [7, 11) is 1.44. The van der Waals surface area contributed by atoms with Gasteiger partial charge in [-0.2, -0.15) is 0 Å². The number of aryl methyl sites for hydroxylation is 2. The van der Waals surface area contributed by atoms with Crippen molar-refractivity contribution >= 4 is 16.9 Å². The molecule has 2 aromatic carbocycles. The van der Waals surface area contributed by atoms with E-state index >= 15 is 0 Å². The molecule has 1 aromatic heterocycles. The molecule has 0 saturated carbocycles. The van der Waals surface area contributed by atoms with Crippen LogP contribution in [0.15, 0.2) is 39.5 Å². The summed E-state index contributed by atoms with van der Waals surface area (Å²) in [6, 6.07) is 7.61. The predicted octanol–water partition coefficient (Wildman–Crippen LogP) is 2.96. The molecule has 0 radical (unpaired) electrons. The lowest BCUT2D eigenvalue weighted by Gasteiger charge is -2.13. The van der Waals surface area contributed by atoms with Crippen molar-refractivity contribution in [2.75, 3.05) is 7.11 Å². The first-order chi connectivity index (χ1) is 12.4. The van der Waals surface area contributed by atoms with Gasteiger partial charge in [0.15, 0.2) is 16.9 Å². The zero-order chi connectivity index (χ0) is 18.6. The zero-order valence-corrected chi connectivity index (χ0v) is 14.5. The number of hydrogen-bond acceptors (Lipinski definition) is 5. The monoisotopic (exact) mass is 351 g/mol. The van der Waals surface area contributed by atoms with Crippen molar-refractivity contribution in [2.24, 2.45) is 0 Å². The van der Waals surface area contributed by atoms with Gasteiger partial charge in [-0.25, -0.2) is 0 Å². The Morgan fingerprint density at radius 3 is 2.58 bits per heavy atom. The fourth-order valence-electron chi connectivity index (χ4n) is 3.29. The Balaban J connectivity index is 1.97. The summed E-state index contributed by atoms with van der Waals surface area (Å²) in [5, 5.41) is 13.0. The molecule has 0 bridgehead atoms. The molecule has 0 aliphatic carbocycles. The molecular weight excluding hydrogens is 334 g/mol. The molecule has 1 aliphatic heterocycles. The molecule has 6 heteroatoms. The number of phenolic OH excluding ortho intramolecular Hbond substituents is 1. The maximum absolute atomic E-state index is 13.1. The molecule has 3 aromatic rings. The third kappa shape index (κ3) is 2.26. The summed E-state index contributed by atoms with van der Waals surface area (Å²) in [5.74, 6) is -0.156. The number of methoxy groups -OCH3 is 1. The second-order valence-electron chi connectivity index (χ2n) is 6.44. The van der Waals surface area contributed by atoms with Crippen LogP contribution in [0.3, 0.4) is 0 Å². The molecule has 26 heavy (non-hydrogen) atoms. The van der Waals surface area contributed by atoms with Gasteiger partial charge >= 0.3 is 0 Å². The van der Waals surface area contributed by atoms with E-state index in [9.17, 15) is 14.7 Å². The smallest absolute Gasteiger partial charge is 0.288 e. The molecule has 0 spiro atoms. The molecule has 0 fully saturated rings. The third-order valence-electron chi connectivity index (χ3n) is 4.85. The van der Waals surface area contributed by atoms with Gasteiger partial charge in [0.2, 0.25) is 5.76 Å². The number of ether oxygens (including phenoxy) is 1. The number of nitrogens with one attached hydrogen (secondary N) is 1. The number of phenols is 1. The third-order valence-corrected chi connectivity index (χ3v) is 4.85. The Bertz CT molecular complexity index is 1130. The van der Waals surface area contributed by atoms with Gasteiger partial charge in [0.1, 0.15) is 5.58 Å². The van der Waals surface area contributed by atoms with Crippen LogP contribution in [0.1, 0.15) is 38.9 Å². The summed E-state index contributed by atoms with van der Waals surface area (Å²) in [6.45, 7) is 3.85. The van der Waals surface area contributed by atoms with Crippen LogP contribution in [0.25, 0.3) is 11.0 Å². The fraction of sp³-hybridized carbons (Fsp3) is 0.200. The normalized spacial score (nSPS) is 15.8. The van der Waals surface area contributed by atoms with Gasteiger partial charge in [-0.15, -0.1) is 0 Å². The van der Waals surface area contributed by atoms with E-state index in [2.05, 4.69) is 5.32 Å². The minimum Gasteiger partial charge on any atom is -0.504 e. The lowest BCUT2D eigenvalue weighted by atomic mass is 9.98. The molecule has 132 valence electrons. The second-order valence-corrected chi connectivity index (χ2v) is 6.44. The summed E-state index contributed by atoms with van der Waals surface area (Å²) >= 11 is 0. The first kappa shape index (κ1) is 16.2. The van der Waals surface area contributed by atoms with Crippen molar-refractivity contribution in [1.82, 2.24) is 5.32 Å². The Kier molecular flexibility index (Phi) is 3.50. The van der Waals surface area contributed by atoms with Gasteiger partial charge in [-0.3, -0.25) is 9.59 Å². The van der Waals surface area contributed by atoms with E-state index in [1.165, 1.54) is 13.2 Å². The lowest BCUT2D eigenvalue weighted by Crippen LogP contribution is -2.22. The molecule has 0 saturated heterocycles. The highest BCUT2D eigenvalue weighted by Gasteiger charge is 2.36. The van der Waals surface area contributed by atoms with Crippen LogP contribution in [0.4, 0.5) is 0 Å². The maximum atomic E-state index is 13.1. The second kappa shape index (κ2) is 5.62. The van der Waals surface area contributed by atoms with E-state index in [-0.39, 0.29) is 28.3 Å². The average molecular weight is 351 g/mol. The molecule has 6 nitrogen and oxygen atoms in total. The van der Waals surface area contributed by atoms with Crippen molar-refractivity contribution in [3.63, 3.8) is 0 Å². The van der Waals surface area contributed by atoms with Crippen LogP contribution in [0.5, 0.6) is 11.5 Å². The average Bonchev–Trinajstić information content (AvgIpc) is 2.94. The van der Waals surface area contributed by atoms with Crippen LogP contribution >= 0.6 is 0 Å². The Labute approximate surface area is 149 Å². The minimum absolute atomic E-state index is 0.0163. The van der Waals surface area contributed by atoms with Gasteiger partial charge in [0.25, 0.3) is 5.91 Å². The van der Waals surface area contributed by atoms with E-state index < -0.39 is 11.9 Å². The van der Waals surface area contributed by atoms with E-state index in [1.807, 2.05) is 13.8 Å². The zero-order valence-electron chi connectivity index (χ0n) is 14.5. The SMILES string of the molecule is COc1cc([C@H]2NC(=O)c3oc4cc(C)c(C)cc4c(=O)c32)ccc1O. The number of aromatic hydroxyl groups is 1. The molecular formula is C20H17NO5. The van der Waals surface area contributed by atoms with Gasteiger partial charge in [-0.05, 0) is 54.8 Å². The number of benzene rings is 2. The quantitative estimate of drug-likeness (QED) is 0.741. The van der Waals surface area contributed by atoms with Gasteiger partial charge in [0.05, 0.1) is 24.1 Å². The Hall–Kier alpha value is -3.28. The fourth-order valence-corrected chi connectivity index (χ4v) is 3.29. The number of rotatable bonds is 2. The number of hydrogen-bond donors (Lipinski definition) is 2. The molecule has 1 aliphatic rings. The molecule has 0 unspecified atom stereocenters. The predicted molar refractivity (Wildman–Crippen MR) is 95.9 cm³/mol. The first-order valence-corrected chi connectivity index (χ1v) is 8.16. The standard InChI is InChI=1S/C20H17NO5/c1-9-6-12-14(7-10(9)2)26-19-16(18(12)23)17(21-20(19)24)11-4-5-13(22)15(8-11)25-3/h4-8,17,22H,1-3H3,(H,21,24)/t17-/m1/s1. The molecule has 4 rings (SSSR count). The van der Waals surface area contributed by atoms with E-state index in [1.54, 1.807) is 24.3 Å². The highest BCUT2D eigenvalue weighted by atomic mass is 16.5. The number of amides is 1. The van der Waals surface area contributed by atoms with E-state index in [0.29, 0.717) is 16.5 Å². The van der Waals surface area contributed by atoms with Crippen LogP contribution in [-0.4, -0.2) is 18.1 Å². The molecule has 1 amide bonds. The lowest BCUT2D eigenvalue weighted by molar-refractivity contribution is 0.0938. The first-order valence-electron chi connectivity index (χ1n) is 8.16. The number of carbonyl (C=O) groups is 1. The van der Waals surface area contributed by atoms with Crippen molar-refractivity contribution in [2.45, 2.75) is 19.9 Å². The largest absolute Gasteiger partial charge is 0.504 e. The van der Waals surface area contributed by atoms with Crippen molar-refractivity contribution in [3.8, 4) is 11.5 Å². The van der Waals surface area contributed by atoms with Crippen molar-refractivity contribution in [3.05, 3.63) is 68.6 Å². The van der Waals surface area contributed by atoms with Gasteiger partial charge in [0, 0.05) is 0 Å². The Morgan fingerprint density at radius 1 is 1.12 bits per heavy atom. The summed E-state index contributed by atoms with van der Waals surface area (Å²) in [4.78, 5) is 25.5. The number of fused-ring (bicyclic) bond motifs is 2. The van der Waals surface area contributed by atoms with E-state index in [0.717, 1.165) is 11.1 Å². The minimum atomic E-state index is -0.658. The van der Waals surface area contributed by atoms with E-state index in [4.69, 9.17) is 9.15 Å². The van der Waals surface area contributed by atoms with Gasteiger partial charge in [-0.1, -0.05) is 6.07 Å². The maximum Gasteiger partial charge on any atom is 0.288 e. The topological polar surface area (TPSA) is 88.8 Å². The van der Waals surface area contributed by atoms with Crippen LogP contribution < -0.4 is 15.5 Å². The Morgan fingerprint density at radius 2 is 1.85 bits per heavy atom. The van der Waals surface area contributed by atoms with Crippen molar-refractivity contribution < 1.29 is 19.1 Å². The highest BCUT2D eigenvalue weighted by molar-refractivity contribution is 5.99. The number of carbonyl (C=O) groups excluding carboxylic acids is 1. The molecule has 1 atom stereocenters. The van der Waals surface area contributed by atoms with Crippen LogP contribution in [0.2, 0.25) is 0 Å². The summed E-state index contributed by atoms with van der Waals surface area (Å²) in [6.07, 6.45) is 0. The van der Waals surface area contributed by atoms with Crippen LogP contribution in [-0.2, 0) is 0 Å². The van der Waals surface area contributed by atoms with Crippen molar-refractivity contribution in [1.29, 1.82) is 0 Å². The summed E-state index contributed by atoms with van der Waals surface area (Å²) < 4.78 is 10.9. The molecule has 2 N–H and O–H groups in total. The summed E-state index contributed by atoms with van der Waals surface area (Å²) in [5.41, 5.74) is 3.03. The van der Waals surface area contributed by atoms with Gasteiger partial charge < -0.3 is 19.6 Å². The molecule has 2 heterocycles. The van der Waals surface area contributed by atoms with Crippen LogP contribution in [0, 0.1) is 13.8 Å². The highest BCUT2D eigenvalue weighted by Crippen LogP contribution is 2.35.